The van der Waals surface area contributed by atoms with Gasteiger partial charge in [0.25, 0.3) is 0 Å². The molecule has 1 aliphatic rings. The minimum absolute atomic E-state index is 0.0373. The van der Waals surface area contributed by atoms with Crippen molar-refractivity contribution in [3.05, 3.63) is 5.82 Å². The van der Waals surface area contributed by atoms with Crippen LogP contribution in [0.15, 0.2) is 5.16 Å². The Morgan fingerprint density at radius 1 is 1.35 bits per heavy atom. The molecule has 8 heteroatoms. The number of rotatable bonds is 9. The second-order valence-electron chi connectivity index (χ2n) is 6.41. The zero-order valence-corrected chi connectivity index (χ0v) is 14.7. The first kappa shape index (κ1) is 17.8. The van der Waals surface area contributed by atoms with Gasteiger partial charge in [-0.25, -0.2) is 0 Å². The van der Waals surface area contributed by atoms with Crippen molar-refractivity contribution in [2.24, 2.45) is 11.7 Å². The standard InChI is InChI=1S/C15H25N5O2S/c1-9(2)8-20-13(7-6-12(16)21)18-19-15(20)23-10(3)14(22)17-11-4-5-11/h9-11H,4-8H2,1-3H3,(H2,16,21)(H,17,22)/t10-/m0/s1. The highest BCUT2D eigenvalue weighted by molar-refractivity contribution is 8.00. The van der Waals surface area contributed by atoms with Gasteiger partial charge in [-0.2, -0.15) is 0 Å². The molecule has 7 nitrogen and oxygen atoms in total. The lowest BCUT2D eigenvalue weighted by atomic mass is 10.2. The highest BCUT2D eigenvalue weighted by atomic mass is 32.2. The minimum Gasteiger partial charge on any atom is -0.370 e. The topological polar surface area (TPSA) is 103 Å². The summed E-state index contributed by atoms with van der Waals surface area (Å²) >= 11 is 1.41. The Labute approximate surface area is 140 Å². The summed E-state index contributed by atoms with van der Waals surface area (Å²) in [5.74, 6) is 0.842. The monoisotopic (exact) mass is 339 g/mol. The molecule has 1 fully saturated rings. The fourth-order valence-corrected chi connectivity index (χ4v) is 3.02. The van der Waals surface area contributed by atoms with Gasteiger partial charge in [0.05, 0.1) is 5.25 Å². The molecule has 1 aromatic rings. The van der Waals surface area contributed by atoms with E-state index in [-0.39, 0.29) is 23.5 Å². The van der Waals surface area contributed by atoms with E-state index in [9.17, 15) is 9.59 Å². The number of hydrogen-bond acceptors (Lipinski definition) is 5. The number of nitrogens with two attached hydrogens (primary N) is 1. The van der Waals surface area contributed by atoms with Crippen molar-refractivity contribution < 1.29 is 9.59 Å². The van der Waals surface area contributed by atoms with Crippen molar-refractivity contribution in [3.8, 4) is 0 Å². The van der Waals surface area contributed by atoms with Crippen LogP contribution in [0.2, 0.25) is 0 Å². The van der Waals surface area contributed by atoms with Crippen LogP contribution in [-0.4, -0.2) is 37.9 Å². The molecule has 0 bridgehead atoms. The smallest absolute Gasteiger partial charge is 0.233 e. The van der Waals surface area contributed by atoms with Crippen LogP contribution in [0, 0.1) is 5.92 Å². The number of carbonyl (C=O) groups is 2. The zero-order valence-electron chi connectivity index (χ0n) is 13.9. The van der Waals surface area contributed by atoms with Crippen molar-refractivity contribution in [1.29, 1.82) is 0 Å². The Bertz CT molecular complexity index is 568. The summed E-state index contributed by atoms with van der Waals surface area (Å²) in [6, 6.07) is 0.352. The van der Waals surface area contributed by atoms with Crippen molar-refractivity contribution in [2.75, 3.05) is 0 Å². The molecule has 0 aromatic carbocycles. The summed E-state index contributed by atoms with van der Waals surface area (Å²) in [7, 11) is 0. The summed E-state index contributed by atoms with van der Waals surface area (Å²) in [6.45, 7) is 6.84. The maximum atomic E-state index is 12.1. The van der Waals surface area contributed by atoms with E-state index < -0.39 is 0 Å². The summed E-state index contributed by atoms with van der Waals surface area (Å²) in [5.41, 5.74) is 5.22. The van der Waals surface area contributed by atoms with Gasteiger partial charge in [0.1, 0.15) is 5.82 Å². The molecule has 0 saturated heterocycles. The van der Waals surface area contributed by atoms with Gasteiger partial charge in [-0.05, 0) is 25.7 Å². The Hall–Kier alpha value is -1.57. The molecule has 0 unspecified atom stereocenters. The van der Waals surface area contributed by atoms with E-state index in [1.807, 2.05) is 11.5 Å². The molecule has 1 aliphatic carbocycles. The Morgan fingerprint density at radius 2 is 2.04 bits per heavy atom. The van der Waals surface area contributed by atoms with Crippen molar-refractivity contribution in [2.45, 2.75) is 69.4 Å². The van der Waals surface area contributed by atoms with Gasteiger partial charge in [-0.15, -0.1) is 10.2 Å². The quantitative estimate of drug-likeness (QED) is 0.656. The number of hydrogen-bond donors (Lipinski definition) is 2. The average Bonchev–Trinajstić information content (AvgIpc) is 3.20. The van der Waals surface area contributed by atoms with Crippen molar-refractivity contribution >= 4 is 23.6 Å². The van der Waals surface area contributed by atoms with Crippen molar-refractivity contribution in [1.82, 2.24) is 20.1 Å². The lowest BCUT2D eigenvalue weighted by Crippen LogP contribution is -2.32. The lowest BCUT2D eigenvalue weighted by Gasteiger charge is -2.15. The normalized spacial score (nSPS) is 15.7. The maximum Gasteiger partial charge on any atom is 0.233 e. The molecular weight excluding hydrogens is 314 g/mol. The minimum atomic E-state index is -0.351. The second-order valence-corrected chi connectivity index (χ2v) is 7.72. The Kier molecular flexibility index (Phi) is 6.04. The highest BCUT2D eigenvalue weighted by Gasteiger charge is 2.27. The first-order valence-corrected chi connectivity index (χ1v) is 8.92. The summed E-state index contributed by atoms with van der Waals surface area (Å²) in [6.07, 6.45) is 2.87. The average molecular weight is 339 g/mol. The molecule has 3 N–H and O–H groups in total. The second kappa shape index (κ2) is 7.81. The number of aryl methyl sites for hydroxylation is 1. The lowest BCUT2D eigenvalue weighted by molar-refractivity contribution is -0.120. The van der Waals surface area contributed by atoms with Gasteiger partial charge in [-0.3, -0.25) is 9.59 Å². The number of thioether (sulfide) groups is 1. The first-order chi connectivity index (χ1) is 10.9. The predicted octanol–water partition coefficient (Wildman–Crippen LogP) is 1.11. The first-order valence-electron chi connectivity index (χ1n) is 8.04. The fourth-order valence-electron chi connectivity index (χ4n) is 2.13. The van der Waals surface area contributed by atoms with Gasteiger partial charge in [0.15, 0.2) is 5.16 Å². The van der Waals surface area contributed by atoms with Crippen LogP contribution in [0.5, 0.6) is 0 Å². The summed E-state index contributed by atoms with van der Waals surface area (Å²) < 4.78 is 2.00. The van der Waals surface area contributed by atoms with Gasteiger partial charge in [-0.1, -0.05) is 25.6 Å². The molecule has 1 heterocycles. The van der Waals surface area contributed by atoms with E-state index >= 15 is 0 Å². The number of carbonyl (C=O) groups excluding carboxylic acids is 2. The van der Waals surface area contributed by atoms with Crippen LogP contribution in [0.1, 0.15) is 45.9 Å². The van der Waals surface area contributed by atoms with Crippen LogP contribution in [0.25, 0.3) is 0 Å². The third-order valence-electron chi connectivity index (χ3n) is 3.51. The molecule has 2 amide bonds. The number of primary amides is 1. The van der Waals surface area contributed by atoms with E-state index in [1.54, 1.807) is 0 Å². The number of amides is 2. The Balaban J connectivity index is 2.06. The van der Waals surface area contributed by atoms with E-state index in [2.05, 4.69) is 29.4 Å². The van der Waals surface area contributed by atoms with Crippen LogP contribution >= 0.6 is 11.8 Å². The third kappa shape index (κ3) is 5.53. The maximum absolute atomic E-state index is 12.1. The van der Waals surface area contributed by atoms with Gasteiger partial charge in [0, 0.05) is 25.4 Å². The number of nitrogens with one attached hydrogen (secondary N) is 1. The van der Waals surface area contributed by atoms with Crippen molar-refractivity contribution in [3.63, 3.8) is 0 Å². The van der Waals surface area contributed by atoms with Gasteiger partial charge in [0.2, 0.25) is 11.8 Å². The molecule has 1 saturated carbocycles. The molecule has 0 spiro atoms. The summed E-state index contributed by atoms with van der Waals surface area (Å²) in [4.78, 5) is 23.1. The number of nitrogens with zero attached hydrogens (tertiary/aromatic N) is 3. The van der Waals surface area contributed by atoms with Crippen LogP contribution in [-0.2, 0) is 22.6 Å². The van der Waals surface area contributed by atoms with Gasteiger partial charge >= 0.3 is 0 Å². The van der Waals surface area contributed by atoms with E-state index in [4.69, 9.17) is 5.73 Å². The molecule has 1 atom stereocenters. The fraction of sp³-hybridized carbons (Fsp3) is 0.733. The Morgan fingerprint density at radius 3 is 2.61 bits per heavy atom. The molecule has 128 valence electrons. The molecule has 0 aliphatic heterocycles. The van der Waals surface area contributed by atoms with E-state index in [0.717, 1.165) is 30.4 Å². The molecule has 2 rings (SSSR count). The molecular formula is C15H25N5O2S. The predicted molar refractivity (Wildman–Crippen MR) is 88.9 cm³/mol. The van der Waals surface area contributed by atoms with E-state index in [1.165, 1.54) is 11.8 Å². The van der Waals surface area contributed by atoms with Gasteiger partial charge < -0.3 is 15.6 Å². The molecule has 0 radical (unpaired) electrons. The molecule has 1 aromatic heterocycles. The third-order valence-corrected chi connectivity index (χ3v) is 4.59. The van der Waals surface area contributed by atoms with E-state index in [0.29, 0.717) is 18.4 Å². The SMILES string of the molecule is CC(C)Cn1c(CCC(N)=O)nnc1S[C@@H](C)C(=O)NC1CC1. The number of aromatic nitrogens is 3. The highest BCUT2D eigenvalue weighted by Crippen LogP contribution is 2.25. The zero-order chi connectivity index (χ0) is 17.0. The van der Waals surface area contributed by atoms with Crippen LogP contribution < -0.4 is 11.1 Å². The largest absolute Gasteiger partial charge is 0.370 e. The summed E-state index contributed by atoms with van der Waals surface area (Å²) in [5, 5.41) is 11.9. The molecule has 23 heavy (non-hydrogen) atoms. The van der Waals surface area contributed by atoms with Crippen LogP contribution in [0.3, 0.4) is 0 Å². The van der Waals surface area contributed by atoms with Crippen LogP contribution in [0.4, 0.5) is 0 Å².